The lowest BCUT2D eigenvalue weighted by Gasteiger charge is -2.48. The highest BCUT2D eigenvalue weighted by Gasteiger charge is 2.56. The summed E-state index contributed by atoms with van der Waals surface area (Å²) in [5, 5.41) is -0.750. The average Bonchev–Trinajstić information content (AvgIpc) is 2.53. The first-order valence-electron chi connectivity index (χ1n) is 8.33. The molecule has 1 saturated heterocycles. The molecule has 0 spiro atoms. The lowest BCUT2D eigenvalue weighted by molar-refractivity contribution is -0.174. The quantitative estimate of drug-likeness (QED) is 0.371. The molecule has 2 rings (SSSR count). The van der Waals surface area contributed by atoms with Gasteiger partial charge in [-0.25, -0.2) is 4.79 Å². The molecule has 1 fully saturated rings. The van der Waals surface area contributed by atoms with Crippen molar-refractivity contribution in [2.24, 2.45) is 11.3 Å². The molecule has 150 valence electrons. The predicted octanol–water partition coefficient (Wildman–Crippen LogP) is 0.460. The van der Waals surface area contributed by atoms with Gasteiger partial charge in [0.25, 0.3) is 0 Å². The van der Waals surface area contributed by atoms with E-state index in [1.165, 1.54) is 6.92 Å². The molecule has 0 aromatic heterocycles. The Labute approximate surface area is 159 Å². The second-order valence-corrected chi connectivity index (χ2v) is 8.93. The van der Waals surface area contributed by atoms with Crippen LogP contribution in [0.25, 0.3) is 0 Å². The fourth-order valence-corrected chi connectivity index (χ4v) is 4.43. The maximum atomic E-state index is 12.4. The number of hydrogen-bond donors (Lipinski definition) is 0. The molecule has 0 aliphatic carbocycles. The molecule has 0 N–H and O–H groups in total. The van der Waals surface area contributed by atoms with Gasteiger partial charge in [0.2, 0.25) is 12.7 Å². The first-order chi connectivity index (χ1) is 12.4. The Kier molecular flexibility index (Phi) is 6.08. The fraction of sp³-hybridized carbons (Fsp3) is 0.647. The first kappa shape index (κ1) is 21.1. The van der Waals surface area contributed by atoms with Crippen LogP contribution in [0.2, 0.25) is 0 Å². The summed E-state index contributed by atoms with van der Waals surface area (Å²) in [6.45, 7) is 7.00. The summed E-state index contributed by atoms with van der Waals surface area (Å²) in [5.74, 6) is -3.05. The van der Waals surface area contributed by atoms with E-state index >= 15 is 0 Å². The molecule has 2 aliphatic heterocycles. The number of hydrogen-bond acceptors (Lipinski definition) is 8. The molecule has 0 bridgehead atoms. The first-order valence-corrected chi connectivity index (χ1v) is 9.71. The molecule has 10 heteroatoms. The number of fused-ring (bicyclic) bond motifs is 1. The van der Waals surface area contributed by atoms with Gasteiger partial charge in [-0.1, -0.05) is 0 Å². The normalized spacial score (nSPS) is 24.7. The molecule has 0 saturated carbocycles. The summed E-state index contributed by atoms with van der Waals surface area (Å²) in [6, 6.07) is 0. The molecule has 0 aromatic rings. The predicted molar refractivity (Wildman–Crippen MR) is 93.0 cm³/mol. The monoisotopic (exact) mass is 401 g/mol. The van der Waals surface area contributed by atoms with E-state index in [4.69, 9.17) is 14.2 Å². The third kappa shape index (κ3) is 4.37. The van der Waals surface area contributed by atoms with Gasteiger partial charge >= 0.3 is 17.9 Å². The van der Waals surface area contributed by atoms with Crippen LogP contribution in [-0.2, 0) is 44.2 Å². The topological polar surface area (TPSA) is 116 Å². The summed E-state index contributed by atoms with van der Waals surface area (Å²) in [4.78, 5) is 48.6. The molecule has 0 radical (unpaired) electrons. The van der Waals surface area contributed by atoms with Gasteiger partial charge in [-0.05, 0) is 33.3 Å². The molecule has 1 unspecified atom stereocenters. The number of amides is 1. The van der Waals surface area contributed by atoms with Crippen LogP contribution in [0.1, 0.15) is 34.6 Å². The largest absolute Gasteiger partial charge is 0.465 e. The van der Waals surface area contributed by atoms with E-state index in [1.807, 2.05) is 0 Å². The molecule has 9 nitrogen and oxygen atoms in total. The van der Waals surface area contributed by atoms with Gasteiger partial charge in [0, 0.05) is 23.5 Å². The van der Waals surface area contributed by atoms with Gasteiger partial charge in [-0.15, -0.1) is 0 Å². The summed E-state index contributed by atoms with van der Waals surface area (Å²) in [7, 11) is -1.42. The van der Waals surface area contributed by atoms with E-state index < -0.39 is 58.1 Å². The standard InChI is InChI=1S/C17H23NO8S/c1-9-7-27(23)14-11(6-24-10(2)19)13(20)18(14)12(9)15(21)25-8-26-16(22)17(3,4)5/h11,14H,6-8H2,1-5H3/t11-,14+,27?/m0/s1. The molecule has 27 heavy (non-hydrogen) atoms. The third-order valence-electron chi connectivity index (χ3n) is 4.08. The van der Waals surface area contributed by atoms with Gasteiger partial charge in [-0.3, -0.25) is 23.5 Å². The Morgan fingerprint density at radius 2 is 1.81 bits per heavy atom. The highest BCUT2D eigenvalue weighted by molar-refractivity contribution is 7.86. The zero-order valence-corrected chi connectivity index (χ0v) is 16.7. The Morgan fingerprint density at radius 1 is 1.19 bits per heavy atom. The van der Waals surface area contributed by atoms with Crippen molar-refractivity contribution in [1.29, 1.82) is 0 Å². The van der Waals surface area contributed by atoms with Gasteiger partial charge in [0.15, 0.2) is 0 Å². The second-order valence-electron chi connectivity index (χ2n) is 7.39. The minimum atomic E-state index is -1.42. The summed E-state index contributed by atoms with van der Waals surface area (Å²) >= 11 is 0. The molecule has 1 amide bonds. The molecular formula is C17H23NO8S. The Morgan fingerprint density at radius 3 is 2.37 bits per heavy atom. The molecule has 2 aliphatic rings. The van der Waals surface area contributed by atoms with Crippen molar-refractivity contribution in [1.82, 2.24) is 4.90 Å². The third-order valence-corrected chi connectivity index (χ3v) is 5.87. The number of carbonyl (C=O) groups excluding carboxylic acids is 4. The fourth-order valence-electron chi connectivity index (χ4n) is 2.69. The van der Waals surface area contributed by atoms with E-state index in [9.17, 15) is 23.4 Å². The van der Waals surface area contributed by atoms with Gasteiger partial charge in [0.05, 0.1) is 5.41 Å². The van der Waals surface area contributed by atoms with Crippen molar-refractivity contribution in [2.45, 2.75) is 40.0 Å². The van der Waals surface area contributed by atoms with Crippen LogP contribution < -0.4 is 0 Å². The summed E-state index contributed by atoms with van der Waals surface area (Å²) < 4.78 is 27.1. The number of nitrogens with zero attached hydrogens (tertiary/aromatic N) is 1. The highest BCUT2D eigenvalue weighted by Crippen LogP contribution is 2.39. The molecular weight excluding hydrogens is 378 g/mol. The summed E-state index contributed by atoms with van der Waals surface area (Å²) in [6.07, 6.45) is 0. The van der Waals surface area contributed by atoms with Crippen LogP contribution in [-0.4, -0.2) is 57.5 Å². The van der Waals surface area contributed by atoms with Crippen molar-refractivity contribution in [3.8, 4) is 0 Å². The number of ether oxygens (including phenoxy) is 3. The molecule has 2 heterocycles. The van der Waals surface area contributed by atoms with Crippen molar-refractivity contribution >= 4 is 34.6 Å². The smallest absolute Gasteiger partial charge is 0.357 e. The van der Waals surface area contributed by atoms with Gasteiger partial charge in [-0.2, -0.15) is 0 Å². The Bertz CT molecular complexity index is 736. The SMILES string of the molecule is CC(=O)OC[C@H]1C(=O)N2C(C(=O)OCOC(=O)C(C)(C)C)=C(C)CS(=O)[C@H]12. The van der Waals surface area contributed by atoms with Crippen LogP contribution in [0.15, 0.2) is 11.3 Å². The molecule has 0 aromatic carbocycles. The zero-order chi connectivity index (χ0) is 20.5. The van der Waals surface area contributed by atoms with Gasteiger partial charge < -0.3 is 14.2 Å². The minimum Gasteiger partial charge on any atom is -0.465 e. The van der Waals surface area contributed by atoms with Gasteiger partial charge in [0.1, 0.15) is 23.6 Å². The van der Waals surface area contributed by atoms with Crippen LogP contribution in [0, 0.1) is 11.3 Å². The van der Waals surface area contributed by atoms with Crippen LogP contribution in [0.4, 0.5) is 0 Å². The van der Waals surface area contributed by atoms with Crippen LogP contribution in [0.3, 0.4) is 0 Å². The van der Waals surface area contributed by atoms with Crippen molar-refractivity contribution < 1.29 is 37.6 Å². The Hall–Kier alpha value is -2.23. The lowest BCUT2D eigenvalue weighted by Crippen LogP contribution is -2.66. The van der Waals surface area contributed by atoms with Crippen molar-refractivity contribution in [2.75, 3.05) is 19.2 Å². The van der Waals surface area contributed by atoms with E-state index in [0.717, 1.165) is 4.90 Å². The number of carbonyl (C=O) groups is 4. The maximum Gasteiger partial charge on any atom is 0.357 e. The van der Waals surface area contributed by atoms with E-state index in [2.05, 4.69) is 0 Å². The maximum absolute atomic E-state index is 12.4. The number of esters is 3. The van der Waals surface area contributed by atoms with Crippen molar-refractivity contribution in [3.05, 3.63) is 11.3 Å². The lowest BCUT2D eigenvalue weighted by atomic mass is 9.96. The minimum absolute atomic E-state index is 0.00418. The Balaban J connectivity index is 2.06. The van der Waals surface area contributed by atoms with Crippen molar-refractivity contribution in [3.63, 3.8) is 0 Å². The average molecular weight is 401 g/mol. The van der Waals surface area contributed by atoms with E-state index in [1.54, 1.807) is 27.7 Å². The zero-order valence-electron chi connectivity index (χ0n) is 15.9. The highest BCUT2D eigenvalue weighted by atomic mass is 32.2. The summed E-state index contributed by atoms with van der Waals surface area (Å²) in [5.41, 5.74) is -0.308. The molecule has 3 atom stereocenters. The second kappa shape index (κ2) is 7.79. The number of β-lactam (4-membered cyclic amide) rings is 1. The van der Waals surface area contributed by atoms with Crippen LogP contribution >= 0.6 is 0 Å². The van der Waals surface area contributed by atoms with E-state index in [0.29, 0.717) is 5.57 Å². The van der Waals surface area contributed by atoms with E-state index in [-0.39, 0.29) is 18.1 Å². The van der Waals surface area contributed by atoms with Crippen LogP contribution in [0.5, 0.6) is 0 Å². The number of rotatable bonds is 5.